The van der Waals surface area contributed by atoms with Crippen LogP contribution in [0, 0.1) is 0 Å². The van der Waals surface area contributed by atoms with Crippen molar-refractivity contribution in [1.82, 2.24) is 5.32 Å². The highest BCUT2D eigenvalue weighted by molar-refractivity contribution is 5.84. The van der Waals surface area contributed by atoms with Crippen molar-refractivity contribution < 1.29 is 31.9 Å². The van der Waals surface area contributed by atoms with Crippen LogP contribution in [0.4, 0.5) is 22.0 Å². The molecule has 0 aromatic carbocycles. The van der Waals surface area contributed by atoms with Gasteiger partial charge in [-0.25, -0.2) is 0 Å². The molecule has 0 heterocycles. The van der Waals surface area contributed by atoms with Gasteiger partial charge < -0.3 is 10.4 Å². The maximum atomic E-state index is 12.3. The van der Waals surface area contributed by atoms with Crippen molar-refractivity contribution in [3.05, 3.63) is 0 Å². The lowest BCUT2D eigenvalue weighted by Gasteiger charge is -2.19. The van der Waals surface area contributed by atoms with E-state index >= 15 is 0 Å². The van der Waals surface area contributed by atoms with E-state index < -0.39 is 30.7 Å². The first kappa shape index (κ1) is 14.1. The van der Waals surface area contributed by atoms with Crippen molar-refractivity contribution in [1.29, 1.82) is 0 Å². The summed E-state index contributed by atoms with van der Waals surface area (Å²) in [6.45, 7) is 0.847. The van der Waals surface area contributed by atoms with Gasteiger partial charge in [-0.2, -0.15) is 22.0 Å². The molecule has 0 fully saturated rings. The Hall–Kier alpha value is -0.920. The third-order valence-corrected chi connectivity index (χ3v) is 1.61. The van der Waals surface area contributed by atoms with Crippen LogP contribution < -0.4 is 5.32 Å². The first-order chi connectivity index (χ1) is 6.63. The summed E-state index contributed by atoms with van der Waals surface area (Å²) in [5.74, 6) is -7.89. The highest BCUT2D eigenvalue weighted by Gasteiger charge is 2.63. The molecule has 0 spiro atoms. The summed E-state index contributed by atoms with van der Waals surface area (Å²) in [4.78, 5) is 10.4. The Morgan fingerprint density at radius 1 is 1.33 bits per heavy atom. The molecule has 1 unspecified atom stereocenters. The van der Waals surface area contributed by atoms with E-state index in [-0.39, 0.29) is 6.42 Å². The smallest absolute Gasteiger partial charge is 0.391 e. The van der Waals surface area contributed by atoms with Crippen LogP contribution in [0.2, 0.25) is 0 Å². The minimum absolute atomic E-state index is 0.137. The molecule has 0 saturated carbocycles. The highest BCUT2D eigenvalue weighted by atomic mass is 19.4. The Balaban J connectivity index is 4.33. The second-order valence-corrected chi connectivity index (χ2v) is 2.84. The SMILES string of the molecule is CCC(O)CNC(=O)C(F)(F)C(F)(F)F. The standard InChI is InChI=1S/C7H10F5NO2/c1-2-4(14)3-13-5(15)6(8,9)7(10,11)12/h4,14H,2-3H2,1H3,(H,13,15). The van der Waals surface area contributed by atoms with Gasteiger partial charge in [-0.15, -0.1) is 0 Å². The van der Waals surface area contributed by atoms with E-state index in [1.807, 2.05) is 0 Å². The van der Waals surface area contributed by atoms with Gasteiger partial charge in [0.25, 0.3) is 5.91 Å². The second kappa shape index (κ2) is 4.73. The normalized spacial score (nSPS) is 14.9. The van der Waals surface area contributed by atoms with Crippen LogP contribution in [0.25, 0.3) is 0 Å². The second-order valence-electron chi connectivity index (χ2n) is 2.84. The van der Waals surface area contributed by atoms with Crippen LogP contribution in [0.3, 0.4) is 0 Å². The molecule has 3 nitrogen and oxygen atoms in total. The van der Waals surface area contributed by atoms with Crippen LogP contribution in [0.1, 0.15) is 13.3 Å². The first-order valence-corrected chi connectivity index (χ1v) is 4.03. The monoisotopic (exact) mass is 235 g/mol. The van der Waals surface area contributed by atoms with Gasteiger partial charge in [0.15, 0.2) is 0 Å². The largest absolute Gasteiger partial charge is 0.463 e. The minimum atomic E-state index is -5.92. The van der Waals surface area contributed by atoms with E-state index in [1.54, 1.807) is 0 Å². The summed E-state index contributed by atoms with van der Waals surface area (Å²) in [6.07, 6.45) is -6.93. The zero-order valence-electron chi connectivity index (χ0n) is 7.74. The quantitative estimate of drug-likeness (QED) is 0.716. The average molecular weight is 235 g/mol. The fourth-order valence-electron chi connectivity index (χ4n) is 0.595. The van der Waals surface area contributed by atoms with Crippen LogP contribution in [-0.4, -0.2) is 35.8 Å². The molecule has 1 amide bonds. The molecular formula is C7H10F5NO2. The molecule has 0 saturated heterocycles. The third-order valence-electron chi connectivity index (χ3n) is 1.61. The van der Waals surface area contributed by atoms with E-state index in [9.17, 15) is 26.7 Å². The van der Waals surface area contributed by atoms with E-state index in [0.717, 1.165) is 0 Å². The zero-order valence-corrected chi connectivity index (χ0v) is 7.74. The van der Waals surface area contributed by atoms with Crippen LogP contribution >= 0.6 is 0 Å². The number of alkyl halides is 5. The molecule has 0 aliphatic heterocycles. The summed E-state index contributed by atoms with van der Waals surface area (Å²) < 4.78 is 59.4. The fraction of sp³-hybridized carbons (Fsp3) is 0.857. The number of aliphatic hydroxyl groups excluding tert-OH is 1. The third kappa shape index (κ3) is 3.61. The minimum Gasteiger partial charge on any atom is -0.391 e. The Kier molecular flexibility index (Phi) is 4.44. The van der Waals surface area contributed by atoms with Crippen molar-refractivity contribution >= 4 is 5.91 Å². The molecule has 2 N–H and O–H groups in total. The number of halogens is 5. The van der Waals surface area contributed by atoms with Crippen molar-refractivity contribution in [3.8, 4) is 0 Å². The predicted octanol–water partition coefficient (Wildman–Crippen LogP) is 1.07. The van der Waals surface area contributed by atoms with Gasteiger partial charge in [0.2, 0.25) is 0 Å². The zero-order chi connectivity index (χ0) is 12.3. The highest BCUT2D eigenvalue weighted by Crippen LogP contribution is 2.35. The van der Waals surface area contributed by atoms with Crippen LogP contribution in [-0.2, 0) is 4.79 Å². The molecule has 90 valence electrons. The van der Waals surface area contributed by atoms with E-state index in [1.165, 1.54) is 12.2 Å². The fourth-order valence-corrected chi connectivity index (χ4v) is 0.595. The summed E-state index contributed by atoms with van der Waals surface area (Å²) >= 11 is 0. The van der Waals surface area contributed by atoms with Gasteiger partial charge in [-0.3, -0.25) is 4.79 Å². The van der Waals surface area contributed by atoms with Crippen molar-refractivity contribution in [3.63, 3.8) is 0 Å². The van der Waals surface area contributed by atoms with Crippen molar-refractivity contribution in [2.75, 3.05) is 6.54 Å². The van der Waals surface area contributed by atoms with Gasteiger partial charge >= 0.3 is 12.1 Å². The van der Waals surface area contributed by atoms with Crippen LogP contribution in [0.5, 0.6) is 0 Å². The summed E-state index contributed by atoms with van der Waals surface area (Å²) in [7, 11) is 0. The molecular weight excluding hydrogens is 225 g/mol. The molecule has 8 heteroatoms. The number of hydrogen-bond donors (Lipinski definition) is 2. The Morgan fingerprint density at radius 3 is 2.13 bits per heavy atom. The van der Waals surface area contributed by atoms with Crippen molar-refractivity contribution in [2.45, 2.75) is 31.5 Å². The maximum Gasteiger partial charge on any atom is 0.463 e. The Labute approximate surface area is 82.3 Å². The van der Waals surface area contributed by atoms with Gasteiger partial charge in [0.1, 0.15) is 0 Å². The van der Waals surface area contributed by atoms with E-state index in [2.05, 4.69) is 0 Å². The molecule has 0 aliphatic carbocycles. The lowest BCUT2D eigenvalue weighted by molar-refractivity contribution is -0.269. The number of aliphatic hydroxyl groups is 1. The van der Waals surface area contributed by atoms with Crippen LogP contribution in [0.15, 0.2) is 0 Å². The summed E-state index contributed by atoms with van der Waals surface area (Å²) in [6, 6.07) is 0. The number of carbonyl (C=O) groups excluding carboxylic acids is 1. The molecule has 0 aromatic rings. The van der Waals surface area contributed by atoms with E-state index in [4.69, 9.17) is 5.11 Å². The molecule has 0 radical (unpaired) electrons. The summed E-state index contributed by atoms with van der Waals surface area (Å²) in [5.41, 5.74) is 0. The average Bonchev–Trinajstić information content (AvgIpc) is 2.11. The maximum absolute atomic E-state index is 12.3. The lowest BCUT2D eigenvalue weighted by atomic mass is 10.2. The molecule has 0 rings (SSSR count). The summed E-state index contributed by atoms with van der Waals surface area (Å²) in [5, 5.41) is 10.2. The first-order valence-electron chi connectivity index (χ1n) is 4.03. The van der Waals surface area contributed by atoms with Gasteiger partial charge in [0, 0.05) is 6.54 Å². The predicted molar refractivity (Wildman–Crippen MR) is 40.3 cm³/mol. The van der Waals surface area contributed by atoms with Gasteiger partial charge in [-0.05, 0) is 6.42 Å². The van der Waals surface area contributed by atoms with Gasteiger partial charge in [-0.1, -0.05) is 6.92 Å². The Bertz CT molecular complexity index is 228. The molecule has 0 bridgehead atoms. The number of nitrogens with one attached hydrogen (secondary N) is 1. The molecule has 0 aromatic heterocycles. The van der Waals surface area contributed by atoms with Gasteiger partial charge in [0.05, 0.1) is 6.10 Å². The topological polar surface area (TPSA) is 49.3 Å². The number of hydrogen-bond acceptors (Lipinski definition) is 2. The molecule has 1 atom stereocenters. The Morgan fingerprint density at radius 2 is 1.80 bits per heavy atom. The lowest BCUT2D eigenvalue weighted by Crippen LogP contribution is -2.51. The van der Waals surface area contributed by atoms with Crippen molar-refractivity contribution in [2.24, 2.45) is 0 Å². The number of amides is 1. The number of rotatable bonds is 4. The number of carbonyl (C=O) groups is 1. The molecule has 0 aliphatic rings. The van der Waals surface area contributed by atoms with E-state index in [0.29, 0.717) is 0 Å². The molecule has 15 heavy (non-hydrogen) atoms.